The Morgan fingerprint density at radius 3 is 2.43 bits per heavy atom. The maximum Gasteiger partial charge on any atom is 0.255 e. The number of carbonyl (C=O) groups is 1. The maximum absolute atomic E-state index is 12.2. The van der Waals surface area contributed by atoms with Crippen LogP contribution in [0, 0.1) is 6.92 Å². The smallest absolute Gasteiger partial charge is 0.255 e. The second-order valence-corrected chi connectivity index (χ2v) is 4.91. The number of nitrogens with zero attached hydrogens (tertiary/aromatic N) is 1. The van der Waals surface area contributed by atoms with Gasteiger partial charge >= 0.3 is 0 Å². The first kappa shape index (κ1) is 14.9. The summed E-state index contributed by atoms with van der Waals surface area (Å²) in [6.07, 6.45) is 0. The molecule has 0 unspecified atom stereocenters. The van der Waals surface area contributed by atoms with E-state index in [2.05, 4.69) is 10.5 Å². The number of nitrogens with one attached hydrogen (secondary N) is 1. The van der Waals surface area contributed by atoms with Crippen molar-refractivity contribution in [3.63, 3.8) is 0 Å². The minimum atomic E-state index is -0.258. The fraction of sp³-hybridized carbons (Fsp3) is 0.0667. The molecule has 0 saturated carbocycles. The minimum Gasteiger partial charge on any atom is -0.409 e. The van der Waals surface area contributed by atoms with Crippen LogP contribution < -0.4 is 11.1 Å². The molecule has 0 bridgehead atoms. The molecule has 0 aromatic heterocycles. The molecular formula is C15H14ClN3O2. The molecule has 0 fully saturated rings. The molecule has 0 aliphatic carbocycles. The first-order valence-corrected chi connectivity index (χ1v) is 6.54. The summed E-state index contributed by atoms with van der Waals surface area (Å²) < 4.78 is 0. The Hall–Kier alpha value is -2.53. The highest BCUT2D eigenvalue weighted by Crippen LogP contribution is 2.21. The van der Waals surface area contributed by atoms with Crippen molar-refractivity contribution in [2.45, 2.75) is 6.92 Å². The number of hydrogen-bond acceptors (Lipinski definition) is 3. The van der Waals surface area contributed by atoms with Crippen LogP contribution in [-0.2, 0) is 0 Å². The van der Waals surface area contributed by atoms with Crippen LogP contribution in [0.4, 0.5) is 5.69 Å². The number of halogens is 1. The standard InChI is InChI=1S/C15H14ClN3O2/c1-9-2-7-12(16)8-13(9)18-15(20)11-5-3-10(4-6-11)14(17)19-21/h2-8,21H,1H3,(H2,17,19)(H,18,20). The molecular weight excluding hydrogens is 290 g/mol. The number of amides is 1. The van der Waals surface area contributed by atoms with Crippen molar-refractivity contribution in [3.8, 4) is 0 Å². The van der Waals surface area contributed by atoms with Crippen molar-refractivity contribution >= 4 is 29.0 Å². The van der Waals surface area contributed by atoms with Crippen LogP contribution in [-0.4, -0.2) is 17.0 Å². The number of benzene rings is 2. The SMILES string of the molecule is Cc1ccc(Cl)cc1NC(=O)c1ccc(/C(N)=N/O)cc1. The van der Waals surface area contributed by atoms with Gasteiger partial charge in [-0.15, -0.1) is 0 Å². The van der Waals surface area contributed by atoms with E-state index in [1.807, 2.05) is 13.0 Å². The first-order valence-electron chi connectivity index (χ1n) is 6.16. The van der Waals surface area contributed by atoms with E-state index < -0.39 is 0 Å². The molecule has 0 saturated heterocycles. The topological polar surface area (TPSA) is 87.7 Å². The molecule has 2 aromatic rings. The Labute approximate surface area is 127 Å². The van der Waals surface area contributed by atoms with Gasteiger partial charge < -0.3 is 16.3 Å². The van der Waals surface area contributed by atoms with Gasteiger partial charge in [-0.3, -0.25) is 4.79 Å². The van der Waals surface area contributed by atoms with Crippen molar-refractivity contribution in [2.75, 3.05) is 5.32 Å². The lowest BCUT2D eigenvalue weighted by molar-refractivity contribution is 0.102. The Kier molecular flexibility index (Phi) is 4.45. The van der Waals surface area contributed by atoms with E-state index in [1.54, 1.807) is 36.4 Å². The largest absolute Gasteiger partial charge is 0.409 e. The molecule has 4 N–H and O–H groups in total. The Balaban J connectivity index is 2.19. The maximum atomic E-state index is 12.2. The lowest BCUT2D eigenvalue weighted by Gasteiger charge is -2.09. The molecule has 0 heterocycles. The summed E-state index contributed by atoms with van der Waals surface area (Å²) in [5, 5.41) is 14.8. The summed E-state index contributed by atoms with van der Waals surface area (Å²) in [5.74, 6) is -0.265. The van der Waals surface area contributed by atoms with Crippen LogP contribution in [0.3, 0.4) is 0 Å². The number of hydrogen-bond donors (Lipinski definition) is 3. The normalized spacial score (nSPS) is 11.2. The average molecular weight is 304 g/mol. The Morgan fingerprint density at radius 1 is 1.19 bits per heavy atom. The molecule has 6 heteroatoms. The van der Waals surface area contributed by atoms with E-state index in [0.29, 0.717) is 21.8 Å². The third-order valence-electron chi connectivity index (χ3n) is 3.00. The summed E-state index contributed by atoms with van der Waals surface area (Å²) in [5.41, 5.74) is 8.04. The molecule has 5 nitrogen and oxygen atoms in total. The highest BCUT2D eigenvalue weighted by Gasteiger charge is 2.09. The quantitative estimate of drug-likeness (QED) is 0.352. The molecule has 0 atom stereocenters. The highest BCUT2D eigenvalue weighted by atomic mass is 35.5. The number of aryl methyl sites for hydroxylation is 1. The predicted octanol–water partition coefficient (Wildman–Crippen LogP) is 3.00. The number of anilines is 1. The number of nitrogens with two attached hydrogens (primary N) is 1. The van der Waals surface area contributed by atoms with Gasteiger partial charge in [0.25, 0.3) is 5.91 Å². The van der Waals surface area contributed by atoms with E-state index in [1.165, 1.54) is 0 Å². The van der Waals surface area contributed by atoms with E-state index >= 15 is 0 Å². The molecule has 21 heavy (non-hydrogen) atoms. The summed E-state index contributed by atoms with van der Waals surface area (Å²) in [6, 6.07) is 11.7. The van der Waals surface area contributed by atoms with Gasteiger partial charge in [-0.25, -0.2) is 0 Å². The minimum absolute atomic E-state index is 0.00681. The Morgan fingerprint density at radius 2 is 1.81 bits per heavy atom. The van der Waals surface area contributed by atoms with Crippen LogP contribution in [0.1, 0.15) is 21.5 Å². The summed E-state index contributed by atoms with van der Waals surface area (Å²) >= 11 is 5.92. The lowest BCUT2D eigenvalue weighted by atomic mass is 10.1. The number of carbonyl (C=O) groups excluding carboxylic acids is 1. The van der Waals surface area contributed by atoms with Gasteiger partial charge in [-0.05, 0) is 36.8 Å². The molecule has 0 aliphatic rings. The fourth-order valence-electron chi connectivity index (χ4n) is 1.77. The summed E-state index contributed by atoms with van der Waals surface area (Å²) in [6.45, 7) is 1.88. The lowest BCUT2D eigenvalue weighted by Crippen LogP contribution is -2.15. The highest BCUT2D eigenvalue weighted by molar-refractivity contribution is 6.31. The number of rotatable bonds is 3. The van der Waals surface area contributed by atoms with E-state index in [4.69, 9.17) is 22.5 Å². The van der Waals surface area contributed by atoms with Gasteiger partial charge in [0.1, 0.15) is 0 Å². The first-order chi connectivity index (χ1) is 10.0. The van der Waals surface area contributed by atoms with Crippen LogP contribution in [0.25, 0.3) is 0 Å². The molecule has 0 radical (unpaired) electrons. The monoisotopic (exact) mass is 303 g/mol. The zero-order chi connectivity index (χ0) is 15.4. The van der Waals surface area contributed by atoms with Gasteiger partial charge in [0.15, 0.2) is 5.84 Å². The molecule has 2 aromatic carbocycles. The van der Waals surface area contributed by atoms with Crippen molar-refractivity contribution in [1.82, 2.24) is 0 Å². The molecule has 0 aliphatic heterocycles. The van der Waals surface area contributed by atoms with Gasteiger partial charge in [0, 0.05) is 21.8 Å². The molecule has 108 valence electrons. The van der Waals surface area contributed by atoms with E-state index in [0.717, 1.165) is 5.56 Å². The summed E-state index contributed by atoms with van der Waals surface area (Å²) in [4.78, 5) is 12.2. The van der Waals surface area contributed by atoms with Gasteiger partial charge in [-0.1, -0.05) is 35.0 Å². The van der Waals surface area contributed by atoms with Crippen LogP contribution in [0.15, 0.2) is 47.6 Å². The van der Waals surface area contributed by atoms with Crippen LogP contribution in [0.2, 0.25) is 5.02 Å². The second kappa shape index (κ2) is 6.28. The van der Waals surface area contributed by atoms with Gasteiger partial charge in [-0.2, -0.15) is 0 Å². The van der Waals surface area contributed by atoms with Gasteiger partial charge in [0.2, 0.25) is 0 Å². The van der Waals surface area contributed by atoms with Crippen LogP contribution >= 0.6 is 11.6 Å². The van der Waals surface area contributed by atoms with Crippen molar-refractivity contribution in [2.24, 2.45) is 10.9 Å². The van der Waals surface area contributed by atoms with Crippen molar-refractivity contribution in [3.05, 3.63) is 64.2 Å². The molecule has 1 amide bonds. The molecule has 0 spiro atoms. The Bertz CT molecular complexity index is 697. The third-order valence-corrected chi connectivity index (χ3v) is 3.23. The zero-order valence-corrected chi connectivity index (χ0v) is 12.1. The molecule has 2 rings (SSSR count). The second-order valence-electron chi connectivity index (χ2n) is 4.48. The fourth-order valence-corrected chi connectivity index (χ4v) is 1.95. The zero-order valence-electron chi connectivity index (χ0n) is 11.3. The van der Waals surface area contributed by atoms with E-state index in [-0.39, 0.29) is 11.7 Å². The predicted molar refractivity (Wildman–Crippen MR) is 83.1 cm³/mol. The third kappa shape index (κ3) is 3.52. The number of oxime groups is 1. The van der Waals surface area contributed by atoms with E-state index in [9.17, 15) is 4.79 Å². The number of amidine groups is 1. The van der Waals surface area contributed by atoms with Crippen molar-refractivity contribution in [1.29, 1.82) is 0 Å². The van der Waals surface area contributed by atoms with Crippen LogP contribution in [0.5, 0.6) is 0 Å². The summed E-state index contributed by atoms with van der Waals surface area (Å²) in [7, 11) is 0. The average Bonchev–Trinajstić information content (AvgIpc) is 2.50. The van der Waals surface area contributed by atoms with Gasteiger partial charge in [0.05, 0.1) is 0 Å². The van der Waals surface area contributed by atoms with Crippen molar-refractivity contribution < 1.29 is 10.0 Å².